The zero-order valence-electron chi connectivity index (χ0n) is 16.8. The van der Waals surface area contributed by atoms with Gasteiger partial charge in [-0.05, 0) is 49.9 Å². The number of nitro benzene ring substituents is 1. The lowest BCUT2D eigenvalue weighted by Crippen LogP contribution is -2.45. The van der Waals surface area contributed by atoms with Crippen molar-refractivity contribution in [3.05, 3.63) is 68.2 Å². The predicted molar refractivity (Wildman–Crippen MR) is 115 cm³/mol. The van der Waals surface area contributed by atoms with Gasteiger partial charge in [0.15, 0.2) is 0 Å². The fourth-order valence-corrected chi connectivity index (χ4v) is 3.90. The first kappa shape index (κ1) is 20.8. The summed E-state index contributed by atoms with van der Waals surface area (Å²) in [4.78, 5) is 24.7. The van der Waals surface area contributed by atoms with Crippen molar-refractivity contribution in [2.45, 2.75) is 38.6 Å². The number of carbonyl (C=O) groups is 1. The molecule has 0 spiro atoms. The van der Waals surface area contributed by atoms with Crippen molar-refractivity contribution in [3.63, 3.8) is 0 Å². The van der Waals surface area contributed by atoms with Gasteiger partial charge < -0.3 is 4.90 Å². The van der Waals surface area contributed by atoms with Crippen LogP contribution in [0.15, 0.2) is 41.5 Å². The maximum absolute atomic E-state index is 12.2. The van der Waals surface area contributed by atoms with Gasteiger partial charge in [-0.1, -0.05) is 24.6 Å². The number of benzene rings is 2. The van der Waals surface area contributed by atoms with Crippen LogP contribution in [0.4, 0.5) is 11.4 Å². The summed E-state index contributed by atoms with van der Waals surface area (Å²) in [6.07, 6.45) is 2.50. The number of carbonyl (C=O) groups excluding carboxylic acids is 1. The van der Waals surface area contributed by atoms with Crippen molar-refractivity contribution in [1.82, 2.24) is 5.43 Å². The quantitative estimate of drug-likeness (QED) is 0.445. The van der Waals surface area contributed by atoms with E-state index < -0.39 is 10.8 Å². The molecule has 29 heavy (non-hydrogen) atoms. The van der Waals surface area contributed by atoms with Gasteiger partial charge >= 0.3 is 0 Å². The Morgan fingerprint density at radius 2 is 2.10 bits per heavy atom. The summed E-state index contributed by atoms with van der Waals surface area (Å²) in [5.41, 5.74) is 5.41. The van der Waals surface area contributed by atoms with E-state index in [0.717, 1.165) is 12.1 Å². The van der Waals surface area contributed by atoms with E-state index in [-0.39, 0.29) is 16.8 Å². The number of hydrazone groups is 1. The highest BCUT2D eigenvalue weighted by molar-refractivity contribution is 6.33. The van der Waals surface area contributed by atoms with Gasteiger partial charge in [0, 0.05) is 41.5 Å². The van der Waals surface area contributed by atoms with E-state index in [1.165, 1.54) is 36.0 Å². The molecule has 3 rings (SSSR count). The van der Waals surface area contributed by atoms with E-state index in [1.807, 2.05) is 12.1 Å². The van der Waals surface area contributed by atoms with E-state index in [1.54, 1.807) is 0 Å². The molecular weight excluding hydrogens is 392 g/mol. The van der Waals surface area contributed by atoms with Gasteiger partial charge in [-0.3, -0.25) is 14.9 Å². The van der Waals surface area contributed by atoms with Crippen molar-refractivity contribution in [1.29, 1.82) is 0 Å². The molecule has 7 nitrogen and oxygen atoms in total. The summed E-state index contributed by atoms with van der Waals surface area (Å²) in [6.45, 7) is 6.60. The average molecular weight is 415 g/mol. The second kappa shape index (κ2) is 7.83. The zero-order chi connectivity index (χ0) is 21.3. The van der Waals surface area contributed by atoms with Crippen LogP contribution < -0.4 is 10.3 Å². The summed E-state index contributed by atoms with van der Waals surface area (Å²) < 4.78 is 0. The van der Waals surface area contributed by atoms with Gasteiger partial charge in [0.05, 0.1) is 16.2 Å². The Morgan fingerprint density at radius 3 is 2.79 bits per heavy atom. The molecular formula is C21H23ClN4O3. The van der Waals surface area contributed by atoms with Crippen molar-refractivity contribution < 1.29 is 9.72 Å². The van der Waals surface area contributed by atoms with Gasteiger partial charge in [-0.15, -0.1) is 0 Å². The molecule has 1 N–H and O–H groups in total. The number of anilines is 1. The van der Waals surface area contributed by atoms with Gasteiger partial charge in [0.1, 0.15) is 0 Å². The van der Waals surface area contributed by atoms with Crippen molar-refractivity contribution in [2.75, 3.05) is 11.9 Å². The maximum atomic E-state index is 12.2. The number of nitrogens with zero attached hydrogens (tertiary/aromatic N) is 3. The standard InChI is InChI=1S/C21H23ClN4O3/c1-13-11-21(2,3)25(4)19-10-18(22)15(9-17(13)19)12-23-24-20(27)14-6-5-7-16(8-14)26(28)29/h5-10,12-13H,11H2,1-4H3,(H,24,27)/b23-12+. The first-order valence-electron chi connectivity index (χ1n) is 9.25. The SMILES string of the molecule is CC1CC(C)(C)N(C)c2cc(Cl)c(/C=N/NC(=O)c3cccc([N+](=O)[O-])c3)cc21. The molecule has 152 valence electrons. The van der Waals surface area contributed by atoms with Gasteiger partial charge in [0.2, 0.25) is 0 Å². The van der Waals surface area contributed by atoms with Crippen LogP contribution in [0.5, 0.6) is 0 Å². The molecule has 0 saturated carbocycles. The zero-order valence-corrected chi connectivity index (χ0v) is 17.5. The molecule has 8 heteroatoms. The van der Waals surface area contributed by atoms with Crippen molar-refractivity contribution in [3.8, 4) is 0 Å². The number of fused-ring (bicyclic) bond motifs is 1. The number of hydrogen-bond donors (Lipinski definition) is 1. The maximum Gasteiger partial charge on any atom is 0.271 e. The summed E-state index contributed by atoms with van der Waals surface area (Å²) >= 11 is 6.45. The molecule has 0 saturated heterocycles. The third-order valence-electron chi connectivity index (χ3n) is 5.44. The summed E-state index contributed by atoms with van der Waals surface area (Å²) in [5, 5.41) is 15.4. The highest BCUT2D eigenvalue weighted by atomic mass is 35.5. The van der Waals surface area contributed by atoms with E-state index in [0.29, 0.717) is 16.5 Å². The molecule has 2 aromatic carbocycles. The minimum absolute atomic E-state index is 0.0393. The lowest BCUT2D eigenvalue weighted by molar-refractivity contribution is -0.384. The van der Waals surface area contributed by atoms with Crippen LogP contribution in [0, 0.1) is 10.1 Å². The molecule has 0 aromatic heterocycles. The topological polar surface area (TPSA) is 87.8 Å². The number of non-ortho nitro benzene ring substituents is 1. The minimum atomic E-state index is -0.549. The summed E-state index contributed by atoms with van der Waals surface area (Å²) in [6, 6.07) is 9.40. The van der Waals surface area contributed by atoms with Crippen molar-refractivity contribution in [2.24, 2.45) is 5.10 Å². The molecule has 1 aliphatic rings. The van der Waals surface area contributed by atoms with Gasteiger partial charge in [-0.25, -0.2) is 5.43 Å². The average Bonchev–Trinajstić information content (AvgIpc) is 2.66. The Kier molecular flexibility index (Phi) is 5.61. The number of nitro groups is 1. The van der Waals surface area contributed by atoms with E-state index in [2.05, 4.69) is 43.2 Å². The molecule has 2 aromatic rings. The normalized spacial score (nSPS) is 17.8. The number of amides is 1. The van der Waals surface area contributed by atoms with Gasteiger partial charge in [0.25, 0.3) is 11.6 Å². The van der Waals surface area contributed by atoms with Crippen LogP contribution in [0.25, 0.3) is 0 Å². The number of rotatable bonds is 4. The minimum Gasteiger partial charge on any atom is -0.369 e. The van der Waals surface area contributed by atoms with E-state index in [9.17, 15) is 14.9 Å². The Balaban J connectivity index is 1.80. The Hall–Kier alpha value is -2.93. The number of halogens is 1. The monoisotopic (exact) mass is 414 g/mol. The molecule has 0 bridgehead atoms. The Bertz CT molecular complexity index is 1000. The summed E-state index contributed by atoms with van der Waals surface area (Å²) in [5.74, 6) is -0.172. The number of hydrogen-bond acceptors (Lipinski definition) is 5. The number of nitrogens with one attached hydrogen (secondary N) is 1. The molecule has 1 atom stereocenters. The Morgan fingerprint density at radius 1 is 1.38 bits per heavy atom. The second-order valence-corrected chi connectivity index (χ2v) is 8.32. The van der Waals surface area contributed by atoms with Crippen LogP contribution >= 0.6 is 11.6 Å². The predicted octanol–water partition coefficient (Wildman–Crippen LogP) is 4.73. The van der Waals surface area contributed by atoms with Crippen LogP contribution in [0.3, 0.4) is 0 Å². The lowest BCUT2D eigenvalue weighted by Gasteiger charge is -2.45. The van der Waals surface area contributed by atoms with Crippen LogP contribution in [0.2, 0.25) is 5.02 Å². The third-order valence-corrected chi connectivity index (χ3v) is 5.77. The molecule has 0 fully saturated rings. The van der Waals surface area contributed by atoms with E-state index in [4.69, 9.17) is 11.6 Å². The third kappa shape index (κ3) is 4.24. The molecule has 1 aliphatic heterocycles. The fraction of sp³-hybridized carbons (Fsp3) is 0.333. The highest BCUT2D eigenvalue weighted by Crippen LogP contribution is 2.44. The smallest absolute Gasteiger partial charge is 0.271 e. The molecule has 0 aliphatic carbocycles. The summed E-state index contributed by atoms with van der Waals surface area (Å²) in [7, 11) is 2.06. The van der Waals surface area contributed by atoms with E-state index >= 15 is 0 Å². The molecule has 1 unspecified atom stereocenters. The first-order valence-corrected chi connectivity index (χ1v) is 9.63. The second-order valence-electron chi connectivity index (χ2n) is 7.92. The molecule has 0 radical (unpaired) electrons. The van der Waals surface area contributed by atoms with Gasteiger partial charge in [-0.2, -0.15) is 5.10 Å². The molecule has 1 heterocycles. The highest BCUT2D eigenvalue weighted by Gasteiger charge is 2.34. The van der Waals surface area contributed by atoms with Crippen molar-refractivity contribution >= 4 is 35.1 Å². The molecule has 1 amide bonds. The van der Waals surface area contributed by atoms with Crippen LogP contribution in [-0.4, -0.2) is 29.6 Å². The fourth-order valence-electron chi connectivity index (χ4n) is 3.69. The lowest BCUT2D eigenvalue weighted by atomic mass is 9.80. The van der Waals surface area contributed by atoms with Crippen LogP contribution in [0.1, 0.15) is 54.6 Å². The largest absolute Gasteiger partial charge is 0.369 e. The first-order chi connectivity index (χ1) is 13.6. The van der Waals surface area contributed by atoms with Crippen LogP contribution in [-0.2, 0) is 0 Å². The Labute approximate surface area is 174 Å².